The maximum Gasteiger partial charge on any atom is 0.234 e. The molecule has 0 aliphatic carbocycles. The number of carbonyl (C=O) groups is 1. The van der Waals surface area contributed by atoms with Gasteiger partial charge < -0.3 is 14.8 Å². The number of anilines is 1. The summed E-state index contributed by atoms with van der Waals surface area (Å²) in [7, 11) is 4.18. The van der Waals surface area contributed by atoms with E-state index < -0.39 is 11.6 Å². The number of hydrogen-bond donors (Lipinski definition) is 2. The highest BCUT2D eigenvalue weighted by atomic mass is 32.2. The van der Waals surface area contributed by atoms with Crippen molar-refractivity contribution in [2.45, 2.75) is 50.9 Å². The van der Waals surface area contributed by atoms with Gasteiger partial charge in [0.05, 0.1) is 25.5 Å². The van der Waals surface area contributed by atoms with Crippen molar-refractivity contribution in [3.05, 3.63) is 35.7 Å². The Bertz CT molecular complexity index is 797. The van der Waals surface area contributed by atoms with Crippen LogP contribution in [0.1, 0.15) is 45.0 Å². The van der Waals surface area contributed by atoms with Crippen molar-refractivity contribution in [2.24, 2.45) is 0 Å². The largest absolute Gasteiger partial charge is 0.331 e. The first-order valence-electron chi connectivity index (χ1n) is 9.48. The fourth-order valence-electron chi connectivity index (χ4n) is 2.95. The Morgan fingerprint density at radius 3 is 2.64 bits per heavy atom. The molecule has 0 saturated heterocycles. The van der Waals surface area contributed by atoms with Crippen molar-refractivity contribution >= 4 is 23.4 Å². The van der Waals surface area contributed by atoms with E-state index in [9.17, 15) is 13.6 Å². The number of hydrogen-bond acceptors (Lipinski definition) is 4. The van der Waals surface area contributed by atoms with Crippen LogP contribution in [0, 0.1) is 11.6 Å². The van der Waals surface area contributed by atoms with Crippen LogP contribution in [0.2, 0.25) is 0 Å². The Morgan fingerprint density at radius 2 is 2.04 bits per heavy atom. The average molecular weight is 413 g/mol. The van der Waals surface area contributed by atoms with Gasteiger partial charge in [-0.15, -0.1) is 10.2 Å². The number of unbranched alkanes of at least 4 members (excludes halogenated alkanes) is 1. The van der Waals surface area contributed by atoms with Gasteiger partial charge in [0.1, 0.15) is 17.7 Å². The van der Waals surface area contributed by atoms with E-state index in [0.717, 1.165) is 43.8 Å². The molecule has 1 amide bonds. The smallest absolute Gasteiger partial charge is 0.234 e. The van der Waals surface area contributed by atoms with Gasteiger partial charge in [0.15, 0.2) is 11.0 Å². The fourth-order valence-corrected chi connectivity index (χ4v) is 3.72. The molecule has 0 aliphatic rings. The maximum atomic E-state index is 13.7. The summed E-state index contributed by atoms with van der Waals surface area (Å²) in [5.41, 5.74) is -0.0395. The minimum Gasteiger partial charge on any atom is -0.331 e. The molecule has 1 aromatic carbocycles. The normalized spacial score (nSPS) is 12.4. The second kappa shape index (κ2) is 10.5. The molecule has 2 rings (SSSR count). The molecule has 0 aliphatic heterocycles. The van der Waals surface area contributed by atoms with Gasteiger partial charge in [0.25, 0.3) is 0 Å². The van der Waals surface area contributed by atoms with Gasteiger partial charge >= 0.3 is 0 Å². The SMILES string of the molecule is CCCCn1c(SCC(=O)Nc2ccc(F)cc2F)nnc1[C@@H](CC)[NH+](C)C. The van der Waals surface area contributed by atoms with Crippen LogP contribution in [0.3, 0.4) is 0 Å². The van der Waals surface area contributed by atoms with Gasteiger partial charge in [-0.05, 0) is 18.6 Å². The summed E-state index contributed by atoms with van der Waals surface area (Å²) in [4.78, 5) is 13.5. The van der Waals surface area contributed by atoms with E-state index in [0.29, 0.717) is 5.16 Å². The molecule has 0 bridgehead atoms. The zero-order valence-electron chi connectivity index (χ0n) is 16.8. The molecule has 6 nitrogen and oxygen atoms in total. The molecule has 28 heavy (non-hydrogen) atoms. The lowest BCUT2D eigenvalue weighted by Gasteiger charge is -2.20. The molecule has 154 valence electrons. The summed E-state index contributed by atoms with van der Waals surface area (Å²) < 4.78 is 28.8. The Morgan fingerprint density at radius 1 is 1.29 bits per heavy atom. The van der Waals surface area contributed by atoms with Crippen LogP contribution < -0.4 is 10.2 Å². The van der Waals surface area contributed by atoms with E-state index in [4.69, 9.17) is 0 Å². The first-order valence-corrected chi connectivity index (χ1v) is 10.5. The first-order chi connectivity index (χ1) is 13.4. The number of nitrogens with zero attached hydrogens (tertiary/aromatic N) is 3. The number of thioether (sulfide) groups is 1. The number of halogens is 2. The molecule has 0 radical (unpaired) electrons. The van der Waals surface area contributed by atoms with Gasteiger partial charge in [0, 0.05) is 19.0 Å². The third-order valence-corrected chi connectivity index (χ3v) is 5.40. The Kier molecular flexibility index (Phi) is 8.37. The summed E-state index contributed by atoms with van der Waals surface area (Å²) in [5.74, 6) is -0.885. The van der Waals surface area contributed by atoms with Gasteiger partial charge in [-0.25, -0.2) is 8.78 Å². The summed E-state index contributed by atoms with van der Waals surface area (Å²) in [6.07, 6.45) is 2.96. The standard InChI is InChI=1S/C19H27F2N5OS/c1-5-7-10-26-18(16(6-2)25(3)4)23-24-19(26)28-12-17(27)22-15-9-8-13(20)11-14(15)21/h8-9,11,16H,5-7,10,12H2,1-4H3,(H,22,27)/p+1/t16-/m1/s1. The number of nitrogens with one attached hydrogen (secondary N) is 2. The average Bonchev–Trinajstić information content (AvgIpc) is 3.03. The van der Waals surface area contributed by atoms with Crippen molar-refractivity contribution in [1.29, 1.82) is 0 Å². The van der Waals surface area contributed by atoms with E-state index in [2.05, 4.69) is 48.0 Å². The number of benzene rings is 1. The lowest BCUT2D eigenvalue weighted by molar-refractivity contribution is -0.893. The van der Waals surface area contributed by atoms with E-state index in [-0.39, 0.29) is 23.4 Å². The summed E-state index contributed by atoms with van der Waals surface area (Å²) >= 11 is 1.27. The molecular formula is C19H28F2N5OS+. The Balaban J connectivity index is 2.09. The zero-order chi connectivity index (χ0) is 20.7. The van der Waals surface area contributed by atoms with Crippen molar-refractivity contribution in [1.82, 2.24) is 14.8 Å². The number of carbonyl (C=O) groups excluding carboxylic acids is 1. The van der Waals surface area contributed by atoms with Crippen LogP contribution in [0.5, 0.6) is 0 Å². The van der Waals surface area contributed by atoms with Gasteiger partial charge in [-0.1, -0.05) is 32.0 Å². The molecule has 2 N–H and O–H groups in total. The summed E-state index contributed by atoms with van der Waals surface area (Å²) in [5, 5.41) is 11.8. The van der Waals surface area contributed by atoms with E-state index in [1.807, 2.05) is 0 Å². The minimum absolute atomic E-state index is 0.0395. The quantitative estimate of drug-likeness (QED) is 0.589. The lowest BCUT2D eigenvalue weighted by atomic mass is 10.2. The molecule has 2 aromatic rings. The number of amides is 1. The highest BCUT2D eigenvalue weighted by Crippen LogP contribution is 2.22. The fraction of sp³-hybridized carbons (Fsp3) is 0.526. The lowest BCUT2D eigenvalue weighted by Crippen LogP contribution is -3.06. The molecule has 1 heterocycles. The number of quaternary nitrogens is 1. The van der Waals surface area contributed by atoms with Crippen molar-refractivity contribution < 1.29 is 18.5 Å². The Hall–Kier alpha value is -2.00. The molecule has 1 atom stereocenters. The first kappa shape index (κ1) is 22.3. The summed E-state index contributed by atoms with van der Waals surface area (Å²) in [6, 6.07) is 3.28. The molecular weight excluding hydrogens is 384 g/mol. The molecule has 0 saturated carbocycles. The highest BCUT2D eigenvalue weighted by Gasteiger charge is 2.25. The van der Waals surface area contributed by atoms with Crippen LogP contribution in [0.15, 0.2) is 23.4 Å². The van der Waals surface area contributed by atoms with Crippen LogP contribution in [0.25, 0.3) is 0 Å². The van der Waals surface area contributed by atoms with E-state index in [1.54, 1.807) is 0 Å². The Labute approximate surface area is 168 Å². The van der Waals surface area contributed by atoms with Gasteiger partial charge in [-0.2, -0.15) is 0 Å². The molecule has 1 aromatic heterocycles. The van der Waals surface area contributed by atoms with Crippen LogP contribution in [0.4, 0.5) is 14.5 Å². The molecule has 9 heteroatoms. The molecule has 0 unspecified atom stereocenters. The monoisotopic (exact) mass is 412 g/mol. The third kappa shape index (κ3) is 5.75. The van der Waals surface area contributed by atoms with Crippen molar-refractivity contribution in [3.63, 3.8) is 0 Å². The van der Waals surface area contributed by atoms with Crippen LogP contribution in [-0.4, -0.2) is 40.5 Å². The van der Waals surface area contributed by atoms with Crippen molar-refractivity contribution in [3.8, 4) is 0 Å². The highest BCUT2D eigenvalue weighted by molar-refractivity contribution is 7.99. The van der Waals surface area contributed by atoms with Gasteiger partial charge in [-0.3, -0.25) is 4.79 Å². The topological polar surface area (TPSA) is 64.2 Å². The van der Waals surface area contributed by atoms with E-state index >= 15 is 0 Å². The summed E-state index contributed by atoms with van der Waals surface area (Å²) in [6.45, 7) is 5.03. The van der Waals surface area contributed by atoms with Crippen molar-refractivity contribution in [2.75, 3.05) is 25.2 Å². The predicted molar refractivity (Wildman–Crippen MR) is 106 cm³/mol. The third-order valence-electron chi connectivity index (χ3n) is 4.44. The second-order valence-electron chi connectivity index (χ2n) is 6.85. The number of rotatable bonds is 10. The number of aromatic nitrogens is 3. The zero-order valence-corrected chi connectivity index (χ0v) is 17.6. The second-order valence-corrected chi connectivity index (χ2v) is 7.79. The minimum atomic E-state index is -0.800. The van der Waals surface area contributed by atoms with Gasteiger partial charge in [0.2, 0.25) is 5.91 Å². The van der Waals surface area contributed by atoms with Crippen LogP contribution >= 0.6 is 11.8 Å². The molecule has 0 spiro atoms. The predicted octanol–water partition coefficient (Wildman–Crippen LogP) is 2.68. The molecule has 0 fully saturated rings. The van der Waals surface area contributed by atoms with E-state index in [1.165, 1.54) is 22.7 Å². The maximum absolute atomic E-state index is 13.7. The van der Waals surface area contributed by atoms with Crippen LogP contribution in [-0.2, 0) is 11.3 Å².